The molecule has 6 heteroatoms. The van der Waals surface area contributed by atoms with Gasteiger partial charge in [0.2, 0.25) is 5.91 Å². The minimum Gasteiger partial charge on any atom is -0.379 e. The largest absolute Gasteiger partial charge is 0.379 e. The van der Waals surface area contributed by atoms with E-state index in [1.807, 2.05) is 67.7 Å². The van der Waals surface area contributed by atoms with Crippen molar-refractivity contribution in [1.82, 2.24) is 14.8 Å². The van der Waals surface area contributed by atoms with Gasteiger partial charge in [-0.15, -0.1) is 11.3 Å². The highest BCUT2D eigenvalue weighted by Gasteiger charge is 2.26. The normalized spacial score (nSPS) is 14.7. The molecule has 1 aliphatic rings. The Hall–Kier alpha value is -2.54. The second-order valence-electron chi connectivity index (χ2n) is 7.57. The van der Waals surface area contributed by atoms with Crippen LogP contribution < -0.4 is 0 Å². The standard InChI is InChI=1S/C24H27N3O2S/c1-26(16-21-18-30-22(25-21)17-27-12-14-29-15-13-27)24(28)23(19-8-4-2-5-9-19)20-10-6-3-7-11-20/h2-11,18,23H,12-17H2,1H3. The van der Waals surface area contributed by atoms with Crippen LogP contribution in [-0.2, 0) is 22.6 Å². The first kappa shape index (κ1) is 20.7. The fraction of sp³-hybridized carbons (Fsp3) is 0.333. The number of carbonyl (C=O) groups excluding carboxylic acids is 1. The van der Waals surface area contributed by atoms with Crippen molar-refractivity contribution in [3.63, 3.8) is 0 Å². The van der Waals surface area contributed by atoms with Gasteiger partial charge in [-0.25, -0.2) is 4.98 Å². The Morgan fingerprint density at radius 3 is 2.27 bits per heavy atom. The molecule has 30 heavy (non-hydrogen) atoms. The van der Waals surface area contributed by atoms with Gasteiger partial charge < -0.3 is 9.64 Å². The van der Waals surface area contributed by atoms with Crippen molar-refractivity contribution in [3.05, 3.63) is 87.9 Å². The Bertz CT molecular complexity index is 900. The van der Waals surface area contributed by atoms with Gasteiger partial charge in [-0.2, -0.15) is 0 Å². The van der Waals surface area contributed by atoms with Crippen LogP contribution in [0.3, 0.4) is 0 Å². The van der Waals surface area contributed by atoms with E-state index in [-0.39, 0.29) is 11.8 Å². The van der Waals surface area contributed by atoms with Crippen LogP contribution in [0.1, 0.15) is 27.7 Å². The van der Waals surface area contributed by atoms with E-state index in [0.29, 0.717) is 6.54 Å². The molecule has 1 fully saturated rings. The van der Waals surface area contributed by atoms with Crippen molar-refractivity contribution in [1.29, 1.82) is 0 Å². The van der Waals surface area contributed by atoms with Crippen molar-refractivity contribution in [2.24, 2.45) is 0 Å². The first-order valence-corrected chi connectivity index (χ1v) is 11.2. The second kappa shape index (κ2) is 9.98. The summed E-state index contributed by atoms with van der Waals surface area (Å²) in [5, 5.41) is 3.16. The number of carbonyl (C=O) groups is 1. The number of thiazole rings is 1. The summed E-state index contributed by atoms with van der Waals surface area (Å²) in [6, 6.07) is 20.0. The SMILES string of the molecule is CN(Cc1csc(CN2CCOCC2)n1)C(=O)C(c1ccccc1)c1ccccc1. The lowest BCUT2D eigenvalue weighted by atomic mass is 9.90. The fourth-order valence-corrected chi connectivity index (χ4v) is 4.58. The predicted octanol–water partition coefficient (Wildman–Crippen LogP) is 3.77. The summed E-state index contributed by atoms with van der Waals surface area (Å²) < 4.78 is 5.41. The number of nitrogens with zero attached hydrogens (tertiary/aromatic N) is 3. The summed E-state index contributed by atoms with van der Waals surface area (Å²) in [7, 11) is 1.86. The third-order valence-corrected chi connectivity index (χ3v) is 6.23. The minimum atomic E-state index is -0.316. The number of ether oxygens (including phenoxy) is 1. The molecule has 0 atom stereocenters. The lowest BCUT2D eigenvalue weighted by Gasteiger charge is -2.25. The van der Waals surface area contributed by atoms with Gasteiger partial charge in [-0.05, 0) is 11.1 Å². The van der Waals surface area contributed by atoms with Crippen LogP contribution in [0.2, 0.25) is 0 Å². The van der Waals surface area contributed by atoms with E-state index in [1.165, 1.54) is 0 Å². The number of hydrogen-bond acceptors (Lipinski definition) is 5. The maximum Gasteiger partial charge on any atom is 0.234 e. The Kier molecular flexibility index (Phi) is 6.89. The average Bonchev–Trinajstić information content (AvgIpc) is 3.22. The van der Waals surface area contributed by atoms with Crippen LogP contribution >= 0.6 is 11.3 Å². The molecule has 1 aliphatic heterocycles. The highest BCUT2D eigenvalue weighted by molar-refractivity contribution is 7.09. The quantitative estimate of drug-likeness (QED) is 0.583. The molecule has 0 N–H and O–H groups in total. The molecule has 0 unspecified atom stereocenters. The van der Waals surface area contributed by atoms with E-state index in [0.717, 1.165) is 54.7 Å². The number of likely N-dealkylation sites (N-methyl/N-ethyl adjacent to an activating group) is 1. The molecule has 2 heterocycles. The van der Waals surface area contributed by atoms with Crippen LogP contribution in [-0.4, -0.2) is 54.0 Å². The van der Waals surface area contributed by atoms with E-state index in [4.69, 9.17) is 9.72 Å². The average molecular weight is 422 g/mol. The molecule has 1 aromatic heterocycles. The molecule has 4 rings (SSSR count). The molecule has 1 amide bonds. The molecular weight excluding hydrogens is 394 g/mol. The highest BCUT2D eigenvalue weighted by atomic mass is 32.1. The third kappa shape index (κ3) is 5.14. The predicted molar refractivity (Wildman–Crippen MR) is 119 cm³/mol. The molecule has 0 saturated carbocycles. The van der Waals surface area contributed by atoms with E-state index >= 15 is 0 Å². The van der Waals surface area contributed by atoms with Crippen molar-refractivity contribution < 1.29 is 9.53 Å². The molecular formula is C24H27N3O2S. The van der Waals surface area contributed by atoms with Crippen LogP contribution in [0.15, 0.2) is 66.0 Å². The Morgan fingerprint density at radius 1 is 1.07 bits per heavy atom. The monoisotopic (exact) mass is 421 g/mol. The summed E-state index contributed by atoms with van der Waals surface area (Å²) in [5.74, 6) is -0.237. The third-order valence-electron chi connectivity index (χ3n) is 5.35. The number of aromatic nitrogens is 1. The van der Waals surface area contributed by atoms with Gasteiger partial charge in [-0.1, -0.05) is 60.7 Å². The number of rotatable bonds is 7. The maximum absolute atomic E-state index is 13.5. The Labute approximate surface area is 181 Å². The number of hydrogen-bond donors (Lipinski definition) is 0. The lowest BCUT2D eigenvalue weighted by Crippen LogP contribution is -2.35. The fourth-order valence-electron chi connectivity index (χ4n) is 3.75. The van der Waals surface area contributed by atoms with Gasteiger partial charge in [0.05, 0.1) is 37.9 Å². The summed E-state index contributed by atoms with van der Waals surface area (Å²) in [4.78, 5) is 22.4. The van der Waals surface area contributed by atoms with Crippen molar-refractivity contribution in [2.45, 2.75) is 19.0 Å². The van der Waals surface area contributed by atoms with Gasteiger partial charge in [0.1, 0.15) is 5.01 Å². The van der Waals surface area contributed by atoms with Crippen LogP contribution in [0, 0.1) is 0 Å². The molecule has 0 spiro atoms. The maximum atomic E-state index is 13.5. The molecule has 0 bridgehead atoms. The molecule has 0 aliphatic carbocycles. The van der Waals surface area contributed by atoms with Crippen LogP contribution in [0.25, 0.3) is 0 Å². The minimum absolute atomic E-state index is 0.0788. The van der Waals surface area contributed by atoms with Gasteiger partial charge in [0.15, 0.2) is 0 Å². The summed E-state index contributed by atoms with van der Waals surface area (Å²) in [6.45, 7) is 4.83. The zero-order valence-corrected chi connectivity index (χ0v) is 18.1. The van der Waals surface area contributed by atoms with E-state index in [9.17, 15) is 4.79 Å². The van der Waals surface area contributed by atoms with E-state index in [1.54, 1.807) is 16.2 Å². The summed E-state index contributed by atoms with van der Waals surface area (Å²) >= 11 is 1.67. The highest BCUT2D eigenvalue weighted by Crippen LogP contribution is 2.27. The second-order valence-corrected chi connectivity index (χ2v) is 8.51. The van der Waals surface area contributed by atoms with Crippen LogP contribution in [0.5, 0.6) is 0 Å². The first-order chi connectivity index (χ1) is 14.7. The van der Waals surface area contributed by atoms with Gasteiger partial charge in [0, 0.05) is 25.5 Å². The van der Waals surface area contributed by atoms with E-state index < -0.39 is 0 Å². The molecule has 5 nitrogen and oxygen atoms in total. The van der Waals surface area contributed by atoms with Gasteiger partial charge in [0.25, 0.3) is 0 Å². The molecule has 2 aromatic carbocycles. The van der Waals surface area contributed by atoms with Gasteiger partial charge >= 0.3 is 0 Å². The van der Waals surface area contributed by atoms with Gasteiger partial charge in [-0.3, -0.25) is 9.69 Å². The van der Waals surface area contributed by atoms with Crippen molar-refractivity contribution in [2.75, 3.05) is 33.4 Å². The zero-order valence-electron chi connectivity index (χ0n) is 17.2. The van der Waals surface area contributed by atoms with E-state index in [2.05, 4.69) is 10.3 Å². The molecule has 0 radical (unpaired) electrons. The first-order valence-electron chi connectivity index (χ1n) is 10.3. The van der Waals surface area contributed by atoms with Crippen molar-refractivity contribution in [3.8, 4) is 0 Å². The molecule has 1 saturated heterocycles. The number of morpholine rings is 1. The summed E-state index contributed by atoms with van der Waals surface area (Å²) in [6.07, 6.45) is 0. The van der Waals surface area contributed by atoms with Crippen LogP contribution in [0.4, 0.5) is 0 Å². The topological polar surface area (TPSA) is 45.7 Å². The molecule has 156 valence electrons. The van der Waals surface area contributed by atoms with Crippen molar-refractivity contribution >= 4 is 17.2 Å². The number of benzene rings is 2. The summed E-state index contributed by atoms with van der Waals surface area (Å²) in [5.41, 5.74) is 2.96. The zero-order chi connectivity index (χ0) is 20.8. The Balaban J connectivity index is 1.46. The smallest absolute Gasteiger partial charge is 0.234 e. The lowest BCUT2D eigenvalue weighted by molar-refractivity contribution is -0.131. The number of amides is 1. The molecule has 3 aromatic rings. The Morgan fingerprint density at radius 2 is 1.67 bits per heavy atom.